The molecule has 2 aromatic rings. The van der Waals surface area contributed by atoms with Gasteiger partial charge in [0.15, 0.2) is 0 Å². The van der Waals surface area contributed by atoms with E-state index in [0.717, 1.165) is 24.1 Å². The molecule has 2 N–H and O–H groups in total. The minimum atomic E-state index is 0.132. The van der Waals surface area contributed by atoms with Crippen LogP contribution in [0.25, 0.3) is 11.3 Å². The van der Waals surface area contributed by atoms with E-state index in [1.54, 1.807) is 12.1 Å². The topological polar surface area (TPSA) is 45.4 Å². The molecule has 0 saturated carbocycles. The molecule has 0 unspecified atom stereocenters. The van der Waals surface area contributed by atoms with Crippen molar-refractivity contribution in [3.05, 3.63) is 42.1 Å². The molecule has 0 bridgehead atoms. The number of aryl methyl sites for hydroxylation is 1. The number of aromatic hydroxyl groups is 1. The van der Waals surface area contributed by atoms with E-state index in [1.807, 2.05) is 18.3 Å². The van der Waals surface area contributed by atoms with Gasteiger partial charge in [-0.25, -0.2) is 0 Å². The van der Waals surface area contributed by atoms with Crippen LogP contribution in [0.3, 0.4) is 0 Å². The number of rotatable bonds is 6. The Morgan fingerprint density at radius 3 is 2.47 bits per heavy atom. The number of phenols is 1. The average molecular weight is 259 g/mol. The van der Waals surface area contributed by atoms with E-state index in [0.29, 0.717) is 6.54 Å². The third-order valence-electron chi connectivity index (χ3n) is 3.33. The minimum Gasteiger partial charge on any atom is -0.508 e. The second-order valence-corrected chi connectivity index (χ2v) is 4.76. The van der Waals surface area contributed by atoms with E-state index in [-0.39, 0.29) is 12.4 Å². The van der Waals surface area contributed by atoms with Crippen molar-refractivity contribution in [2.24, 2.45) is 0 Å². The zero-order valence-electron chi connectivity index (χ0n) is 11.3. The van der Waals surface area contributed by atoms with E-state index >= 15 is 0 Å². The van der Waals surface area contributed by atoms with Gasteiger partial charge in [-0.05, 0) is 54.3 Å². The van der Waals surface area contributed by atoms with Crippen molar-refractivity contribution >= 4 is 0 Å². The molecular formula is C16H21NO2. The Bertz CT molecular complexity index is 514. The number of unbranched alkanes of at least 4 members (excludes halogenated alkanes) is 1. The van der Waals surface area contributed by atoms with Crippen molar-refractivity contribution in [1.29, 1.82) is 0 Å². The van der Waals surface area contributed by atoms with Crippen LogP contribution in [-0.4, -0.2) is 21.4 Å². The van der Waals surface area contributed by atoms with Gasteiger partial charge in [0.25, 0.3) is 0 Å². The van der Waals surface area contributed by atoms with E-state index in [9.17, 15) is 5.11 Å². The summed E-state index contributed by atoms with van der Waals surface area (Å²) in [5, 5.41) is 18.6. The van der Waals surface area contributed by atoms with Gasteiger partial charge in [-0.2, -0.15) is 0 Å². The van der Waals surface area contributed by atoms with Gasteiger partial charge in [0.2, 0.25) is 0 Å². The Kier molecular flexibility index (Phi) is 4.63. The molecule has 0 saturated heterocycles. The summed E-state index contributed by atoms with van der Waals surface area (Å²) in [5.41, 5.74) is 3.55. The standard InChI is InChI=1S/C16H21NO2/c1-2-3-4-13-9-10-17(11-12-18)16(13)14-5-7-15(19)8-6-14/h5-10,18-19H,2-4,11-12H2,1H3. The maximum atomic E-state index is 9.39. The summed E-state index contributed by atoms with van der Waals surface area (Å²) >= 11 is 0. The molecule has 1 heterocycles. The van der Waals surface area contributed by atoms with E-state index in [1.165, 1.54) is 12.0 Å². The van der Waals surface area contributed by atoms with Gasteiger partial charge in [0.1, 0.15) is 5.75 Å². The molecule has 0 atom stereocenters. The molecular weight excluding hydrogens is 238 g/mol. The highest BCUT2D eigenvalue weighted by molar-refractivity contribution is 5.65. The SMILES string of the molecule is CCCCc1ccn(CCO)c1-c1ccc(O)cc1. The maximum Gasteiger partial charge on any atom is 0.115 e. The number of aromatic nitrogens is 1. The molecule has 1 aromatic carbocycles. The normalized spacial score (nSPS) is 10.8. The first-order chi connectivity index (χ1) is 9.26. The van der Waals surface area contributed by atoms with Gasteiger partial charge in [0.05, 0.1) is 12.3 Å². The zero-order valence-corrected chi connectivity index (χ0v) is 11.3. The fraction of sp³-hybridized carbons (Fsp3) is 0.375. The first kappa shape index (κ1) is 13.7. The highest BCUT2D eigenvalue weighted by atomic mass is 16.3. The van der Waals surface area contributed by atoms with E-state index < -0.39 is 0 Å². The maximum absolute atomic E-state index is 9.39. The monoisotopic (exact) mass is 259 g/mol. The van der Waals surface area contributed by atoms with Crippen LogP contribution in [0.1, 0.15) is 25.3 Å². The van der Waals surface area contributed by atoms with Crippen LogP contribution in [0.4, 0.5) is 0 Å². The number of phenolic OH excluding ortho intramolecular Hbond substituents is 1. The molecule has 0 fully saturated rings. The van der Waals surface area contributed by atoms with Crippen molar-refractivity contribution < 1.29 is 10.2 Å². The van der Waals surface area contributed by atoms with Crippen LogP contribution < -0.4 is 0 Å². The summed E-state index contributed by atoms with van der Waals surface area (Å²) in [6.45, 7) is 2.92. The third-order valence-corrected chi connectivity index (χ3v) is 3.33. The number of benzene rings is 1. The molecule has 0 spiro atoms. The van der Waals surface area contributed by atoms with Gasteiger partial charge in [-0.15, -0.1) is 0 Å². The second-order valence-electron chi connectivity index (χ2n) is 4.76. The minimum absolute atomic E-state index is 0.132. The lowest BCUT2D eigenvalue weighted by atomic mass is 10.0. The fourth-order valence-corrected chi connectivity index (χ4v) is 2.35. The Morgan fingerprint density at radius 2 is 1.84 bits per heavy atom. The highest BCUT2D eigenvalue weighted by Gasteiger charge is 2.11. The number of aliphatic hydroxyl groups excluding tert-OH is 1. The molecule has 19 heavy (non-hydrogen) atoms. The first-order valence-electron chi connectivity index (χ1n) is 6.84. The predicted octanol–water partition coefficient (Wildman–Crippen LogP) is 3.20. The van der Waals surface area contributed by atoms with Crippen molar-refractivity contribution in [2.45, 2.75) is 32.7 Å². The second kappa shape index (κ2) is 6.43. The molecule has 3 heteroatoms. The fourth-order valence-electron chi connectivity index (χ4n) is 2.35. The average Bonchev–Trinajstić information content (AvgIpc) is 2.81. The van der Waals surface area contributed by atoms with Gasteiger partial charge < -0.3 is 14.8 Å². The summed E-state index contributed by atoms with van der Waals surface area (Å²) in [7, 11) is 0. The van der Waals surface area contributed by atoms with Crippen LogP contribution in [0.5, 0.6) is 5.75 Å². The Morgan fingerprint density at radius 1 is 1.11 bits per heavy atom. The number of aliphatic hydroxyl groups is 1. The Balaban J connectivity index is 2.38. The van der Waals surface area contributed by atoms with Crippen molar-refractivity contribution in [2.75, 3.05) is 6.61 Å². The molecule has 0 amide bonds. The molecule has 3 nitrogen and oxygen atoms in total. The quantitative estimate of drug-likeness (QED) is 0.836. The number of hydrogen-bond donors (Lipinski definition) is 2. The Labute approximate surface area is 114 Å². The van der Waals surface area contributed by atoms with Gasteiger partial charge in [-0.3, -0.25) is 0 Å². The lowest BCUT2D eigenvalue weighted by Gasteiger charge is -2.11. The largest absolute Gasteiger partial charge is 0.508 e. The van der Waals surface area contributed by atoms with Crippen LogP contribution in [0, 0.1) is 0 Å². The number of hydrogen-bond acceptors (Lipinski definition) is 2. The van der Waals surface area contributed by atoms with Gasteiger partial charge in [-0.1, -0.05) is 13.3 Å². The number of nitrogens with zero attached hydrogens (tertiary/aromatic N) is 1. The summed E-state index contributed by atoms with van der Waals surface area (Å²) in [4.78, 5) is 0. The molecule has 1 aromatic heterocycles. The molecule has 0 aliphatic rings. The summed E-state index contributed by atoms with van der Waals surface area (Å²) < 4.78 is 2.08. The Hall–Kier alpha value is -1.74. The first-order valence-corrected chi connectivity index (χ1v) is 6.84. The predicted molar refractivity (Wildman–Crippen MR) is 77.2 cm³/mol. The van der Waals surface area contributed by atoms with Crippen LogP contribution in [0.2, 0.25) is 0 Å². The van der Waals surface area contributed by atoms with Crippen LogP contribution >= 0.6 is 0 Å². The highest BCUT2D eigenvalue weighted by Crippen LogP contribution is 2.28. The van der Waals surface area contributed by atoms with Gasteiger partial charge in [0, 0.05) is 12.7 Å². The summed E-state index contributed by atoms with van der Waals surface area (Å²) in [5.74, 6) is 0.277. The van der Waals surface area contributed by atoms with E-state index in [2.05, 4.69) is 17.6 Å². The van der Waals surface area contributed by atoms with Crippen molar-refractivity contribution in [1.82, 2.24) is 4.57 Å². The van der Waals surface area contributed by atoms with Crippen molar-refractivity contribution in [3.63, 3.8) is 0 Å². The van der Waals surface area contributed by atoms with Crippen LogP contribution in [-0.2, 0) is 13.0 Å². The third kappa shape index (κ3) is 3.18. The lowest BCUT2D eigenvalue weighted by Crippen LogP contribution is -2.03. The zero-order chi connectivity index (χ0) is 13.7. The van der Waals surface area contributed by atoms with Crippen LogP contribution in [0.15, 0.2) is 36.5 Å². The molecule has 102 valence electrons. The molecule has 2 rings (SSSR count). The lowest BCUT2D eigenvalue weighted by molar-refractivity contribution is 0.277. The van der Waals surface area contributed by atoms with Crippen molar-refractivity contribution in [3.8, 4) is 17.0 Å². The molecule has 0 aliphatic carbocycles. The van der Waals surface area contributed by atoms with Gasteiger partial charge >= 0.3 is 0 Å². The molecule has 0 aliphatic heterocycles. The summed E-state index contributed by atoms with van der Waals surface area (Å²) in [6, 6.07) is 9.39. The molecule has 0 radical (unpaired) electrons. The summed E-state index contributed by atoms with van der Waals surface area (Å²) in [6.07, 6.45) is 5.41. The van der Waals surface area contributed by atoms with E-state index in [4.69, 9.17) is 5.11 Å². The smallest absolute Gasteiger partial charge is 0.115 e.